The first kappa shape index (κ1) is 15.8. The number of nitrogens with one attached hydrogen (secondary N) is 1. The number of halogens is 2. The normalized spacial score (nSPS) is 13.5. The second-order valence-electron chi connectivity index (χ2n) is 4.92. The van der Waals surface area contributed by atoms with E-state index in [9.17, 15) is 4.79 Å². The van der Waals surface area contributed by atoms with Gasteiger partial charge >= 0.3 is 0 Å². The number of rotatable bonds is 4. The molecule has 1 N–H and O–H groups in total. The maximum atomic E-state index is 12.2. The van der Waals surface area contributed by atoms with Gasteiger partial charge in [0.15, 0.2) is 17.6 Å². The van der Waals surface area contributed by atoms with E-state index in [4.69, 9.17) is 37.4 Å². The summed E-state index contributed by atoms with van der Waals surface area (Å²) in [5, 5.41) is 3.59. The molecule has 0 bridgehead atoms. The number of amides is 1. The van der Waals surface area contributed by atoms with Gasteiger partial charge in [0.25, 0.3) is 5.91 Å². The van der Waals surface area contributed by atoms with Crippen LogP contribution < -0.4 is 19.5 Å². The Bertz CT molecular complexity index is 731. The molecule has 0 fully saturated rings. The van der Waals surface area contributed by atoms with Gasteiger partial charge in [0, 0.05) is 21.8 Å². The van der Waals surface area contributed by atoms with E-state index in [1.54, 1.807) is 43.3 Å². The molecule has 0 radical (unpaired) electrons. The summed E-state index contributed by atoms with van der Waals surface area (Å²) in [6, 6.07) is 9.94. The fourth-order valence-corrected chi connectivity index (χ4v) is 2.60. The summed E-state index contributed by atoms with van der Waals surface area (Å²) < 4.78 is 16.1. The summed E-state index contributed by atoms with van der Waals surface area (Å²) in [6.45, 7) is 1.83. The molecule has 2 aromatic rings. The molecular formula is C16H13Cl2NO4. The van der Waals surface area contributed by atoms with Gasteiger partial charge in [-0.1, -0.05) is 23.2 Å². The van der Waals surface area contributed by atoms with Crippen molar-refractivity contribution >= 4 is 34.8 Å². The standard InChI is InChI=1S/C16H13Cl2NO4/c1-9(16(20)19-12-5-10(17)4-11(18)6-12)23-13-2-3-14-15(7-13)22-8-21-14/h2-7,9H,8H2,1H3,(H,19,20)/t9-/m0/s1. The summed E-state index contributed by atoms with van der Waals surface area (Å²) >= 11 is 11.8. The Labute approximate surface area is 143 Å². The van der Waals surface area contributed by atoms with Crippen LogP contribution in [0.4, 0.5) is 5.69 Å². The lowest BCUT2D eigenvalue weighted by Crippen LogP contribution is -2.30. The van der Waals surface area contributed by atoms with Gasteiger partial charge in [-0.3, -0.25) is 4.79 Å². The van der Waals surface area contributed by atoms with E-state index in [1.807, 2.05) is 0 Å². The van der Waals surface area contributed by atoms with Gasteiger partial charge in [-0.05, 0) is 37.3 Å². The molecule has 0 aliphatic carbocycles. The minimum Gasteiger partial charge on any atom is -0.481 e. The zero-order chi connectivity index (χ0) is 16.4. The average Bonchev–Trinajstić information content (AvgIpc) is 2.93. The molecule has 0 unspecified atom stereocenters. The molecule has 0 saturated heterocycles. The molecule has 0 spiro atoms. The van der Waals surface area contributed by atoms with Crippen molar-refractivity contribution in [1.29, 1.82) is 0 Å². The number of benzene rings is 2. The van der Waals surface area contributed by atoms with Crippen molar-refractivity contribution in [1.82, 2.24) is 0 Å². The molecule has 0 saturated carbocycles. The topological polar surface area (TPSA) is 56.8 Å². The summed E-state index contributed by atoms with van der Waals surface area (Å²) in [5.74, 6) is 1.45. The molecule has 23 heavy (non-hydrogen) atoms. The van der Waals surface area contributed by atoms with Gasteiger partial charge in [-0.15, -0.1) is 0 Å². The molecule has 3 rings (SSSR count). The Balaban J connectivity index is 1.65. The third kappa shape index (κ3) is 3.81. The molecule has 1 atom stereocenters. The molecule has 1 aliphatic heterocycles. The maximum Gasteiger partial charge on any atom is 0.265 e. The quantitative estimate of drug-likeness (QED) is 0.897. The van der Waals surface area contributed by atoms with Crippen molar-refractivity contribution in [2.45, 2.75) is 13.0 Å². The van der Waals surface area contributed by atoms with Crippen molar-refractivity contribution < 1.29 is 19.0 Å². The van der Waals surface area contributed by atoms with Crippen molar-refractivity contribution in [3.63, 3.8) is 0 Å². The Kier molecular flexibility index (Phi) is 4.50. The first-order valence-corrected chi connectivity index (χ1v) is 7.60. The Hall–Kier alpha value is -2.11. The van der Waals surface area contributed by atoms with Crippen LogP contribution in [0.2, 0.25) is 10.0 Å². The predicted molar refractivity (Wildman–Crippen MR) is 87.7 cm³/mol. The first-order chi connectivity index (χ1) is 11.0. The SMILES string of the molecule is C[C@H](Oc1ccc2c(c1)OCO2)C(=O)Nc1cc(Cl)cc(Cl)c1. The third-order valence-electron chi connectivity index (χ3n) is 3.16. The van der Waals surface area contributed by atoms with Crippen molar-refractivity contribution in [2.75, 3.05) is 12.1 Å². The molecule has 5 nitrogen and oxygen atoms in total. The van der Waals surface area contributed by atoms with Gasteiger partial charge in [-0.2, -0.15) is 0 Å². The van der Waals surface area contributed by atoms with Crippen LogP contribution in [0.15, 0.2) is 36.4 Å². The van der Waals surface area contributed by atoms with Gasteiger partial charge in [0.2, 0.25) is 6.79 Å². The van der Waals surface area contributed by atoms with Crippen LogP contribution in [0.3, 0.4) is 0 Å². The fraction of sp³-hybridized carbons (Fsp3) is 0.188. The van der Waals surface area contributed by atoms with Gasteiger partial charge in [-0.25, -0.2) is 0 Å². The number of hydrogen-bond donors (Lipinski definition) is 1. The Morgan fingerprint density at radius 2 is 1.83 bits per heavy atom. The fourth-order valence-electron chi connectivity index (χ4n) is 2.08. The number of carbonyl (C=O) groups is 1. The highest BCUT2D eigenvalue weighted by molar-refractivity contribution is 6.35. The molecule has 1 aliphatic rings. The van der Waals surface area contributed by atoms with Crippen molar-refractivity contribution in [3.8, 4) is 17.2 Å². The number of hydrogen-bond acceptors (Lipinski definition) is 4. The average molecular weight is 354 g/mol. The lowest BCUT2D eigenvalue weighted by Gasteiger charge is -2.15. The number of ether oxygens (including phenoxy) is 3. The molecule has 120 valence electrons. The number of fused-ring (bicyclic) bond motifs is 1. The molecule has 0 aromatic heterocycles. The molecule has 1 amide bonds. The van der Waals surface area contributed by atoms with E-state index in [-0.39, 0.29) is 12.7 Å². The van der Waals surface area contributed by atoms with Crippen molar-refractivity contribution in [3.05, 3.63) is 46.4 Å². The maximum absolute atomic E-state index is 12.2. The minimum atomic E-state index is -0.715. The van der Waals surface area contributed by atoms with Crippen LogP contribution in [0.5, 0.6) is 17.2 Å². The molecule has 1 heterocycles. The Morgan fingerprint density at radius 3 is 2.57 bits per heavy atom. The lowest BCUT2D eigenvalue weighted by atomic mass is 10.2. The van der Waals surface area contributed by atoms with Gasteiger partial charge < -0.3 is 19.5 Å². The predicted octanol–water partition coefficient (Wildman–Crippen LogP) is 4.13. The van der Waals surface area contributed by atoms with Crippen LogP contribution in [0.25, 0.3) is 0 Å². The number of anilines is 1. The minimum absolute atomic E-state index is 0.185. The van der Waals surface area contributed by atoms with Gasteiger partial charge in [0.05, 0.1) is 0 Å². The van der Waals surface area contributed by atoms with Crippen LogP contribution in [-0.2, 0) is 4.79 Å². The highest BCUT2D eigenvalue weighted by Crippen LogP contribution is 2.35. The lowest BCUT2D eigenvalue weighted by molar-refractivity contribution is -0.122. The van der Waals surface area contributed by atoms with Gasteiger partial charge in [0.1, 0.15) is 5.75 Å². The highest BCUT2D eigenvalue weighted by Gasteiger charge is 2.18. The van der Waals surface area contributed by atoms with E-state index in [0.29, 0.717) is 33.0 Å². The van der Waals surface area contributed by atoms with E-state index in [1.165, 1.54) is 0 Å². The summed E-state index contributed by atoms with van der Waals surface area (Å²) in [5.41, 5.74) is 0.508. The summed E-state index contributed by atoms with van der Waals surface area (Å²) in [4.78, 5) is 12.2. The second-order valence-corrected chi connectivity index (χ2v) is 5.80. The van der Waals surface area contributed by atoms with Crippen LogP contribution in [0, 0.1) is 0 Å². The van der Waals surface area contributed by atoms with E-state index in [2.05, 4.69) is 5.32 Å². The molecular weight excluding hydrogens is 341 g/mol. The third-order valence-corrected chi connectivity index (χ3v) is 3.59. The van der Waals surface area contributed by atoms with E-state index >= 15 is 0 Å². The van der Waals surface area contributed by atoms with E-state index < -0.39 is 6.10 Å². The van der Waals surface area contributed by atoms with E-state index in [0.717, 1.165) is 0 Å². The highest BCUT2D eigenvalue weighted by atomic mass is 35.5. The zero-order valence-electron chi connectivity index (χ0n) is 12.1. The number of carbonyl (C=O) groups excluding carboxylic acids is 1. The second kappa shape index (κ2) is 6.56. The smallest absolute Gasteiger partial charge is 0.265 e. The molecule has 7 heteroatoms. The monoisotopic (exact) mass is 353 g/mol. The van der Waals surface area contributed by atoms with Crippen LogP contribution in [-0.4, -0.2) is 18.8 Å². The largest absolute Gasteiger partial charge is 0.481 e. The van der Waals surface area contributed by atoms with Crippen molar-refractivity contribution in [2.24, 2.45) is 0 Å². The van der Waals surface area contributed by atoms with Crippen LogP contribution in [0.1, 0.15) is 6.92 Å². The van der Waals surface area contributed by atoms with Crippen LogP contribution >= 0.6 is 23.2 Å². The first-order valence-electron chi connectivity index (χ1n) is 6.84. The summed E-state index contributed by atoms with van der Waals surface area (Å²) in [7, 11) is 0. The zero-order valence-corrected chi connectivity index (χ0v) is 13.6. The molecule has 2 aromatic carbocycles. The summed E-state index contributed by atoms with van der Waals surface area (Å²) in [6.07, 6.45) is -0.715. The Morgan fingerprint density at radius 1 is 1.13 bits per heavy atom.